The van der Waals surface area contributed by atoms with Crippen molar-refractivity contribution < 1.29 is 4.74 Å². The summed E-state index contributed by atoms with van der Waals surface area (Å²) in [6, 6.07) is 12.7. The maximum absolute atomic E-state index is 5.36. The Morgan fingerprint density at radius 3 is 2.65 bits per heavy atom. The van der Waals surface area contributed by atoms with Gasteiger partial charge < -0.3 is 20.3 Å². The molecule has 0 aliphatic heterocycles. The predicted octanol–water partition coefficient (Wildman–Crippen LogP) is 3.42. The summed E-state index contributed by atoms with van der Waals surface area (Å²) in [4.78, 5) is 9.51. The van der Waals surface area contributed by atoms with Gasteiger partial charge in [0.25, 0.3) is 0 Å². The summed E-state index contributed by atoms with van der Waals surface area (Å²) in [7, 11) is 5.87. The molecule has 142 valence electrons. The van der Waals surface area contributed by atoms with E-state index in [1.807, 2.05) is 12.1 Å². The van der Waals surface area contributed by atoms with E-state index in [-0.39, 0.29) is 6.04 Å². The van der Waals surface area contributed by atoms with E-state index in [4.69, 9.17) is 9.73 Å². The Hall–Kier alpha value is -2.05. The fourth-order valence-corrected chi connectivity index (χ4v) is 3.52. The lowest BCUT2D eigenvalue weighted by atomic mass is 10.1. The number of nitrogens with one attached hydrogen (secondary N) is 2. The smallest absolute Gasteiger partial charge is 0.191 e. The van der Waals surface area contributed by atoms with E-state index < -0.39 is 0 Å². The summed E-state index contributed by atoms with van der Waals surface area (Å²) in [5.74, 6) is 1.72. The number of aryl methyl sites for hydroxylation is 1. The molecule has 0 bridgehead atoms. The molecule has 0 aliphatic rings. The number of guanidine groups is 1. The summed E-state index contributed by atoms with van der Waals surface area (Å²) in [5.41, 5.74) is 1.21. The maximum Gasteiger partial charge on any atom is 0.191 e. The third-order valence-electron chi connectivity index (χ3n) is 4.10. The number of rotatable bonds is 8. The van der Waals surface area contributed by atoms with E-state index in [1.165, 1.54) is 15.3 Å². The summed E-state index contributed by atoms with van der Waals surface area (Å²) in [6.45, 7) is 6.49. The molecule has 0 saturated carbocycles. The molecule has 0 amide bonds. The van der Waals surface area contributed by atoms with Crippen molar-refractivity contribution in [2.45, 2.75) is 26.4 Å². The SMILES string of the molecule is CCNC(=NCc1ccc(C)s1)NCC(c1cccc(OC)c1)N(C)C. The first-order chi connectivity index (χ1) is 12.5. The number of aliphatic imine (C=N–C) groups is 1. The highest BCUT2D eigenvalue weighted by atomic mass is 32.1. The predicted molar refractivity (Wildman–Crippen MR) is 111 cm³/mol. The molecule has 0 saturated heterocycles. The first kappa shape index (κ1) is 20.3. The molecule has 2 aromatic rings. The molecular formula is C20H30N4OS. The lowest BCUT2D eigenvalue weighted by Crippen LogP contribution is -2.41. The van der Waals surface area contributed by atoms with Gasteiger partial charge in [0.05, 0.1) is 19.7 Å². The zero-order valence-electron chi connectivity index (χ0n) is 16.4. The van der Waals surface area contributed by atoms with Crippen molar-refractivity contribution in [2.24, 2.45) is 4.99 Å². The van der Waals surface area contributed by atoms with Crippen LogP contribution in [0, 0.1) is 6.92 Å². The van der Waals surface area contributed by atoms with Gasteiger partial charge in [0, 0.05) is 22.8 Å². The number of hydrogen-bond acceptors (Lipinski definition) is 4. The van der Waals surface area contributed by atoms with Gasteiger partial charge in [0.2, 0.25) is 0 Å². The Kier molecular flexibility index (Phi) is 7.94. The van der Waals surface area contributed by atoms with Crippen LogP contribution in [0.1, 0.15) is 28.3 Å². The normalized spacial score (nSPS) is 12.9. The van der Waals surface area contributed by atoms with Gasteiger partial charge in [-0.2, -0.15) is 0 Å². The van der Waals surface area contributed by atoms with Gasteiger partial charge in [-0.3, -0.25) is 0 Å². The van der Waals surface area contributed by atoms with Crippen molar-refractivity contribution in [3.63, 3.8) is 0 Å². The molecule has 0 fully saturated rings. The van der Waals surface area contributed by atoms with Crippen LogP contribution >= 0.6 is 11.3 Å². The number of ether oxygens (including phenoxy) is 1. The molecule has 0 aliphatic carbocycles. The monoisotopic (exact) mass is 374 g/mol. The van der Waals surface area contributed by atoms with Crippen LogP contribution < -0.4 is 15.4 Å². The van der Waals surface area contributed by atoms with Gasteiger partial charge in [0.15, 0.2) is 5.96 Å². The van der Waals surface area contributed by atoms with Crippen molar-refractivity contribution >= 4 is 17.3 Å². The summed E-state index contributed by atoms with van der Waals surface area (Å²) < 4.78 is 5.36. The standard InChI is InChI=1S/C20H30N4OS/c1-6-21-20(22-13-18-11-10-15(2)26-18)23-14-19(24(3)4)16-8-7-9-17(12-16)25-5/h7-12,19H,6,13-14H2,1-5H3,(H2,21,22,23). The number of hydrogen-bond donors (Lipinski definition) is 2. The van der Waals surface area contributed by atoms with Crippen LogP contribution in [0.4, 0.5) is 0 Å². The zero-order valence-corrected chi connectivity index (χ0v) is 17.2. The number of methoxy groups -OCH3 is 1. The Balaban J connectivity index is 2.05. The van der Waals surface area contributed by atoms with Crippen molar-refractivity contribution in [2.75, 3.05) is 34.3 Å². The van der Waals surface area contributed by atoms with E-state index in [0.29, 0.717) is 6.54 Å². The first-order valence-corrected chi connectivity index (χ1v) is 9.73. The first-order valence-electron chi connectivity index (χ1n) is 8.91. The third-order valence-corrected chi connectivity index (χ3v) is 5.08. The Morgan fingerprint density at radius 1 is 1.23 bits per heavy atom. The van der Waals surface area contributed by atoms with Crippen molar-refractivity contribution in [1.82, 2.24) is 15.5 Å². The molecule has 2 rings (SSSR count). The van der Waals surface area contributed by atoms with Crippen LogP contribution in [0.3, 0.4) is 0 Å². The molecule has 1 aromatic heterocycles. The average Bonchev–Trinajstić information content (AvgIpc) is 3.05. The molecule has 6 heteroatoms. The van der Waals surface area contributed by atoms with E-state index in [2.05, 4.69) is 67.7 Å². The summed E-state index contributed by atoms with van der Waals surface area (Å²) >= 11 is 1.79. The Bertz CT molecular complexity index is 711. The van der Waals surface area contributed by atoms with Crippen LogP contribution in [-0.4, -0.2) is 45.2 Å². The maximum atomic E-state index is 5.36. The summed E-state index contributed by atoms with van der Waals surface area (Å²) in [5, 5.41) is 6.80. The van der Waals surface area contributed by atoms with E-state index in [9.17, 15) is 0 Å². The number of nitrogens with zero attached hydrogens (tertiary/aromatic N) is 2. The second-order valence-electron chi connectivity index (χ2n) is 6.34. The molecule has 2 N–H and O–H groups in total. The minimum atomic E-state index is 0.220. The highest BCUT2D eigenvalue weighted by molar-refractivity contribution is 7.11. The van der Waals surface area contributed by atoms with Gasteiger partial charge in [-0.05, 0) is 57.8 Å². The van der Waals surface area contributed by atoms with Crippen LogP contribution in [0.2, 0.25) is 0 Å². The number of thiophene rings is 1. The average molecular weight is 375 g/mol. The van der Waals surface area contributed by atoms with Gasteiger partial charge in [-0.1, -0.05) is 12.1 Å². The quantitative estimate of drug-likeness (QED) is 0.549. The van der Waals surface area contributed by atoms with Gasteiger partial charge in [-0.15, -0.1) is 11.3 Å². The molecule has 1 aromatic carbocycles. The third kappa shape index (κ3) is 6.04. The zero-order chi connectivity index (χ0) is 18.9. The second kappa shape index (κ2) is 10.2. The fourth-order valence-electron chi connectivity index (χ4n) is 2.71. The molecule has 0 spiro atoms. The number of likely N-dealkylation sites (N-methyl/N-ethyl adjacent to an activating group) is 1. The van der Waals surface area contributed by atoms with E-state index >= 15 is 0 Å². The Labute approximate surface area is 161 Å². The van der Waals surface area contributed by atoms with Crippen LogP contribution in [0.25, 0.3) is 0 Å². The lowest BCUT2D eigenvalue weighted by Gasteiger charge is -2.26. The van der Waals surface area contributed by atoms with Crippen LogP contribution in [-0.2, 0) is 6.54 Å². The van der Waals surface area contributed by atoms with Crippen molar-refractivity contribution in [3.8, 4) is 5.75 Å². The minimum Gasteiger partial charge on any atom is -0.497 e. The molecule has 5 nitrogen and oxygen atoms in total. The molecule has 1 atom stereocenters. The molecule has 1 heterocycles. The summed E-state index contributed by atoms with van der Waals surface area (Å²) in [6.07, 6.45) is 0. The van der Waals surface area contributed by atoms with Gasteiger partial charge >= 0.3 is 0 Å². The highest BCUT2D eigenvalue weighted by Gasteiger charge is 2.15. The van der Waals surface area contributed by atoms with Crippen molar-refractivity contribution in [1.29, 1.82) is 0 Å². The van der Waals surface area contributed by atoms with E-state index in [0.717, 1.165) is 24.8 Å². The van der Waals surface area contributed by atoms with Crippen LogP contribution in [0.15, 0.2) is 41.4 Å². The second-order valence-corrected chi connectivity index (χ2v) is 7.72. The topological polar surface area (TPSA) is 48.9 Å². The lowest BCUT2D eigenvalue weighted by molar-refractivity contribution is 0.297. The van der Waals surface area contributed by atoms with Crippen LogP contribution in [0.5, 0.6) is 5.75 Å². The van der Waals surface area contributed by atoms with Crippen molar-refractivity contribution in [3.05, 3.63) is 51.7 Å². The molecule has 26 heavy (non-hydrogen) atoms. The number of benzene rings is 1. The van der Waals surface area contributed by atoms with Gasteiger partial charge in [0.1, 0.15) is 5.75 Å². The molecular weight excluding hydrogens is 344 g/mol. The largest absolute Gasteiger partial charge is 0.497 e. The highest BCUT2D eigenvalue weighted by Crippen LogP contribution is 2.22. The molecule has 0 radical (unpaired) electrons. The van der Waals surface area contributed by atoms with E-state index in [1.54, 1.807) is 18.4 Å². The minimum absolute atomic E-state index is 0.220. The van der Waals surface area contributed by atoms with Gasteiger partial charge in [-0.25, -0.2) is 4.99 Å². The Morgan fingerprint density at radius 2 is 2.04 bits per heavy atom. The molecule has 1 unspecified atom stereocenters. The fraction of sp³-hybridized carbons (Fsp3) is 0.450.